The fourth-order valence-corrected chi connectivity index (χ4v) is 4.25. The smallest absolute Gasteiger partial charge is 0.139 e. The van der Waals surface area contributed by atoms with Crippen molar-refractivity contribution in [3.8, 4) is 0 Å². The molecule has 1 aliphatic rings. The lowest BCUT2D eigenvalue weighted by Gasteiger charge is -2.27. The second kappa shape index (κ2) is 6.19. The first kappa shape index (κ1) is 15.2. The summed E-state index contributed by atoms with van der Waals surface area (Å²) in [7, 11) is 0. The summed E-state index contributed by atoms with van der Waals surface area (Å²) >= 11 is 11.2. The Morgan fingerprint density at radius 2 is 2.14 bits per heavy atom. The molecule has 0 saturated carbocycles. The van der Waals surface area contributed by atoms with Crippen LogP contribution in [-0.2, 0) is 0 Å². The molecule has 1 nitrogen and oxygen atoms in total. The molecule has 5 heteroatoms. The monoisotopic (exact) mass is 385 g/mol. The van der Waals surface area contributed by atoms with E-state index in [0.717, 1.165) is 28.4 Å². The summed E-state index contributed by atoms with van der Waals surface area (Å²) in [5, 5.41) is 4.21. The highest BCUT2D eigenvalue weighted by Crippen LogP contribution is 2.40. The van der Waals surface area contributed by atoms with Gasteiger partial charge in [-0.3, -0.25) is 0 Å². The van der Waals surface area contributed by atoms with Crippen LogP contribution in [0.5, 0.6) is 0 Å². The SMILES string of the molecule is Cc1cc(Br)c(F)cc1NC1CCSc2ccc(Cl)cc21. The number of thioether (sulfide) groups is 1. The van der Waals surface area contributed by atoms with Gasteiger partial charge in [-0.2, -0.15) is 0 Å². The Labute approximate surface area is 141 Å². The molecule has 0 fully saturated rings. The summed E-state index contributed by atoms with van der Waals surface area (Å²) in [6.07, 6.45) is 0.995. The molecule has 0 spiro atoms. The van der Waals surface area contributed by atoms with Crippen molar-refractivity contribution in [2.75, 3.05) is 11.1 Å². The number of aryl methyl sites for hydroxylation is 1. The topological polar surface area (TPSA) is 12.0 Å². The van der Waals surface area contributed by atoms with Crippen molar-refractivity contribution in [2.45, 2.75) is 24.3 Å². The molecule has 1 unspecified atom stereocenters. The summed E-state index contributed by atoms with van der Waals surface area (Å²) < 4.78 is 14.3. The van der Waals surface area contributed by atoms with Crippen molar-refractivity contribution in [1.29, 1.82) is 0 Å². The quantitative estimate of drug-likeness (QED) is 0.659. The number of benzene rings is 2. The van der Waals surface area contributed by atoms with Gasteiger partial charge in [-0.05, 0) is 70.7 Å². The maximum atomic E-state index is 13.8. The van der Waals surface area contributed by atoms with Gasteiger partial charge in [-0.1, -0.05) is 11.6 Å². The highest BCUT2D eigenvalue weighted by molar-refractivity contribution is 9.10. The van der Waals surface area contributed by atoms with Crippen LogP contribution in [0.2, 0.25) is 5.02 Å². The standard InChI is InChI=1S/C16H14BrClFNS/c1-9-6-12(17)13(19)8-15(9)20-14-4-5-21-16-3-2-10(18)7-11(14)16/h2-3,6-8,14,20H,4-5H2,1H3. The number of halogens is 3. The maximum Gasteiger partial charge on any atom is 0.139 e. The lowest BCUT2D eigenvalue weighted by molar-refractivity contribution is 0.620. The molecule has 0 aliphatic carbocycles. The van der Waals surface area contributed by atoms with E-state index < -0.39 is 0 Å². The summed E-state index contributed by atoms with van der Waals surface area (Å²) in [6, 6.07) is 9.50. The van der Waals surface area contributed by atoms with Gasteiger partial charge < -0.3 is 5.32 Å². The molecule has 1 aliphatic heterocycles. The Kier molecular flexibility index (Phi) is 4.48. The van der Waals surface area contributed by atoms with Gasteiger partial charge in [0.25, 0.3) is 0 Å². The highest BCUT2D eigenvalue weighted by atomic mass is 79.9. The van der Waals surface area contributed by atoms with Gasteiger partial charge in [0.05, 0.1) is 10.5 Å². The fourth-order valence-electron chi connectivity index (χ4n) is 2.50. The Morgan fingerprint density at radius 1 is 1.33 bits per heavy atom. The molecular weight excluding hydrogens is 373 g/mol. The first-order chi connectivity index (χ1) is 10.0. The van der Waals surface area contributed by atoms with E-state index >= 15 is 0 Å². The molecule has 0 saturated heterocycles. The number of hydrogen-bond donors (Lipinski definition) is 1. The summed E-state index contributed by atoms with van der Waals surface area (Å²) in [4.78, 5) is 1.25. The first-order valence-corrected chi connectivity index (χ1v) is 8.84. The Balaban J connectivity index is 1.93. The molecule has 1 heterocycles. The van der Waals surface area contributed by atoms with Crippen LogP contribution in [0.3, 0.4) is 0 Å². The van der Waals surface area contributed by atoms with E-state index in [4.69, 9.17) is 11.6 Å². The van der Waals surface area contributed by atoms with Crippen LogP contribution in [-0.4, -0.2) is 5.75 Å². The fraction of sp³-hybridized carbons (Fsp3) is 0.250. The summed E-state index contributed by atoms with van der Waals surface area (Å²) in [6.45, 7) is 1.98. The van der Waals surface area contributed by atoms with Gasteiger partial charge >= 0.3 is 0 Å². The van der Waals surface area contributed by atoms with Gasteiger partial charge in [-0.15, -0.1) is 11.8 Å². The van der Waals surface area contributed by atoms with Crippen LogP contribution in [0.4, 0.5) is 10.1 Å². The Morgan fingerprint density at radius 3 is 2.95 bits per heavy atom. The second-order valence-corrected chi connectivity index (χ2v) is 7.52. The number of hydrogen-bond acceptors (Lipinski definition) is 2. The molecule has 0 radical (unpaired) electrons. The predicted molar refractivity (Wildman–Crippen MR) is 92.0 cm³/mol. The van der Waals surface area contributed by atoms with Crippen molar-refractivity contribution in [2.24, 2.45) is 0 Å². The average Bonchev–Trinajstić information content (AvgIpc) is 2.45. The van der Waals surface area contributed by atoms with Crippen molar-refractivity contribution in [3.63, 3.8) is 0 Å². The van der Waals surface area contributed by atoms with Gasteiger partial charge in [-0.25, -0.2) is 4.39 Å². The molecule has 21 heavy (non-hydrogen) atoms. The molecule has 0 amide bonds. The van der Waals surface area contributed by atoms with Crippen molar-refractivity contribution in [3.05, 3.63) is 56.8 Å². The number of rotatable bonds is 2. The van der Waals surface area contributed by atoms with Crippen LogP contribution in [0.25, 0.3) is 0 Å². The normalized spacial score (nSPS) is 17.4. The van der Waals surface area contributed by atoms with Crippen LogP contribution in [0.1, 0.15) is 23.6 Å². The number of anilines is 1. The maximum absolute atomic E-state index is 13.8. The minimum atomic E-state index is -0.250. The zero-order chi connectivity index (χ0) is 15.0. The largest absolute Gasteiger partial charge is 0.378 e. The van der Waals surface area contributed by atoms with Gasteiger partial charge in [0.1, 0.15) is 5.82 Å². The van der Waals surface area contributed by atoms with E-state index in [1.54, 1.807) is 12.1 Å². The summed E-state index contributed by atoms with van der Waals surface area (Å²) in [5.74, 6) is 0.796. The molecule has 2 aromatic rings. The van der Waals surface area contributed by atoms with Crippen molar-refractivity contribution in [1.82, 2.24) is 0 Å². The van der Waals surface area contributed by atoms with E-state index in [2.05, 4.69) is 27.3 Å². The van der Waals surface area contributed by atoms with E-state index in [-0.39, 0.29) is 11.9 Å². The second-order valence-electron chi connectivity index (χ2n) is 5.10. The van der Waals surface area contributed by atoms with E-state index in [0.29, 0.717) is 4.47 Å². The zero-order valence-corrected chi connectivity index (χ0v) is 14.6. The van der Waals surface area contributed by atoms with Gasteiger partial charge in [0.2, 0.25) is 0 Å². The van der Waals surface area contributed by atoms with E-state index in [1.807, 2.05) is 30.8 Å². The van der Waals surface area contributed by atoms with Crippen molar-refractivity contribution >= 4 is 45.0 Å². The molecule has 1 N–H and O–H groups in total. The zero-order valence-electron chi connectivity index (χ0n) is 11.4. The molecule has 2 aromatic carbocycles. The molecule has 0 aromatic heterocycles. The van der Waals surface area contributed by atoms with Crippen LogP contribution >= 0.6 is 39.3 Å². The molecule has 0 bridgehead atoms. The molecule has 1 atom stereocenters. The highest BCUT2D eigenvalue weighted by Gasteiger charge is 2.21. The Bertz CT molecular complexity index is 692. The third-order valence-corrected chi connectivity index (χ3v) is 5.57. The number of fused-ring (bicyclic) bond motifs is 1. The average molecular weight is 387 g/mol. The van der Waals surface area contributed by atoms with Crippen LogP contribution < -0.4 is 5.32 Å². The third kappa shape index (κ3) is 3.22. The van der Waals surface area contributed by atoms with Gasteiger partial charge in [0.15, 0.2) is 0 Å². The number of nitrogens with one attached hydrogen (secondary N) is 1. The molecule has 110 valence electrons. The molecular formula is C16H14BrClFNS. The first-order valence-electron chi connectivity index (χ1n) is 6.69. The minimum absolute atomic E-state index is 0.166. The summed E-state index contributed by atoms with van der Waals surface area (Å²) in [5.41, 5.74) is 3.05. The third-order valence-electron chi connectivity index (χ3n) is 3.61. The predicted octanol–water partition coefficient (Wildman–Crippen LogP) is 6.20. The van der Waals surface area contributed by atoms with Gasteiger partial charge in [0, 0.05) is 21.4 Å². The lowest BCUT2D eigenvalue weighted by atomic mass is 10.0. The van der Waals surface area contributed by atoms with Crippen LogP contribution in [0.15, 0.2) is 39.7 Å². The van der Waals surface area contributed by atoms with E-state index in [1.165, 1.54) is 10.5 Å². The minimum Gasteiger partial charge on any atom is -0.378 e. The van der Waals surface area contributed by atoms with E-state index in [9.17, 15) is 4.39 Å². The lowest BCUT2D eigenvalue weighted by Crippen LogP contribution is -2.16. The van der Waals surface area contributed by atoms with Crippen molar-refractivity contribution < 1.29 is 4.39 Å². The van der Waals surface area contributed by atoms with Crippen LogP contribution in [0, 0.1) is 12.7 Å². The Hall–Kier alpha value is -0.710. The molecule has 3 rings (SSSR count).